The predicted octanol–water partition coefficient (Wildman–Crippen LogP) is 2.77. The van der Waals surface area contributed by atoms with Gasteiger partial charge in [0.15, 0.2) is 5.82 Å². The van der Waals surface area contributed by atoms with Gasteiger partial charge in [0.25, 0.3) is 0 Å². The lowest BCUT2D eigenvalue weighted by atomic mass is 10.2. The maximum absolute atomic E-state index is 13.7. The lowest BCUT2D eigenvalue weighted by Crippen LogP contribution is -2.46. The molecule has 0 spiro atoms. The molecule has 0 N–H and O–H groups in total. The smallest absolute Gasteiger partial charge is 0.245 e. The van der Waals surface area contributed by atoms with Crippen LogP contribution in [0.1, 0.15) is 26.7 Å². The number of carbonyl (C=O) groups excluding carboxylic acids is 1. The number of pyridine rings is 1. The Labute approximate surface area is 162 Å². The van der Waals surface area contributed by atoms with Crippen molar-refractivity contribution in [2.45, 2.75) is 32.7 Å². The molecule has 0 bridgehead atoms. The molecule has 1 fully saturated rings. The second-order valence-corrected chi connectivity index (χ2v) is 6.82. The zero-order valence-corrected chi connectivity index (χ0v) is 16.0. The third kappa shape index (κ3) is 3.19. The standard InChI is InChI=1S/C20H23FN6O/c1-3-25(4-2)20(28)15-6-5-11-26(15)18-9-10-22-19(24-18)16-12-23-17-8-7-14(21)13-27(16)17/h7-10,12-13,15H,3-6,11H2,1-2H3/t15-/m1/s1. The molecule has 3 aromatic rings. The molecule has 1 aliphatic rings. The van der Waals surface area contributed by atoms with Gasteiger partial charge in [-0.2, -0.15) is 0 Å². The number of aromatic nitrogens is 4. The summed E-state index contributed by atoms with van der Waals surface area (Å²) in [6, 6.07) is 4.60. The van der Waals surface area contributed by atoms with Gasteiger partial charge in [-0.15, -0.1) is 0 Å². The van der Waals surface area contributed by atoms with E-state index in [0.29, 0.717) is 36.1 Å². The number of halogens is 1. The monoisotopic (exact) mass is 382 g/mol. The van der Waals surface area contributed by atoms with Crippen molar-refractivity contribution in [1.29, 1.82) is 0 Å². The summed E-state index contributed by atoms with van der Waals surface area (Å²) in [5.41, 5.74) is 1.24. The van der Waals surface area contributed by atoms with E-state index in [2.05, 4.69) is 19.9 Å². The topological polar surface area (TPSA) is 66.6 Å². The lowest BCUT2D eigenvalue weighted by molar-refractivity contribution is -0.132. The van der Waals surface area contributed by atoms with Crippen LogP contribution in [0.3, 0.4) is 0 Å². The number of fused-ring (bicyclic) bond motifs is 1. The molecule has 0 aliphatic carbocycles. The summed E-state index contributed by atoms with van der Waals surface area (Å²) in [6.07, 6.45) is 6.44. The fraction of sp³-hybridized carbons (Fsp3) is 0.400. The molecule has 0 radical (unpaired) electrons. The molecular weight excluding hydrogens is 359 g/mol. The first-order valence-electron chi connectivity index (χ1n) is 9.63. The molecule has 0 unspecified atom stereocenters. The SMILES string of the molecule is CCN(CC)C(=O)[C@H]1CCCN1c1ccnc(-c2cnc3ccc(F)cn23)n1. The van der Waals surface area contributed by atoms with E-state index in [1.54, 1.807) is 22.9 Å². The van der Waals surface area contributed by atoms with E-state index in [4.69, 9.17) is 0 Å². The highest BCUT2D eigenvalue weighted by atomic mass is 19.1. The number of anilines is 1. The van der Waals surface area contributed by atoms with Gasteiger partial charge in [0.1, 0.15) is 29.0 Å². The molecule has 4 rings (SSSR count). The van der Waals surface area contributed by atoms with E-state index in [-0.39, 0.29) is 17.8 Å². The van der Waals surface area contributed by atoms with Crippen LogP contribution in [0.25, 0.3) is 17.2 Å². The van der Waals surface area contributed by atoms with Gasteiger partial charge < -0.3 is 9.80 Å². The molecular formula is C20H23FN6O. The van der Waals surface area contributed by atoms with Crippen LogP contribution in [0, 0.1) is 5.82 Å². The Morgan fingerprint density at radius 3 is 2.86 bits per heavy atom. The molecule has 1 saturated heterocycles. The van der Waals surface area contributed by atoms with Gasteiger partial charge in [-0.25, -0.2) is 19.3 Å². The second kappa shape index (κ2) is 7.53. The zero-order valence-electron chi connectivity index (χ0n) is 16.0. The third-order valence-electron chi connectivity index (χ3n) is 5.25. The van der Waals surface area contributed by atoms with E-state index in [0.717, 1.165) is 19.4 Å². The second-order valence-electron chi connectivity index (χ2n) is 6.82. The van der Waals surface area contributed by atoms with Gasteiger partial charge in [0.05, 0.1) is 6.20 Å². The van der Waals surface area contributed by atoms with Crippen molar-refractivity contribution in [3.8, 4) is 11.5 Å². The third-order valence-corrected chi connectivity index (χ3v) is 5.25. The first kappa shape index (κ1) is 18.3. The number of imidazole rings is 1. The average molecular weight is 382 g/mol. The Balaban J connectivity index is 1.68. The summed E-state index contributed by atoms with van der Waals surface area (Å²) in [5.74, 6) is 0.947. The van der Waals surface area contributed by atoms with Crippen molar-refractivity contribution in [1.82, 2.24) is 24.3 Å². The van der Waals surface area contributed by atoms with Crippen molar-refractivity contribution in [2.75, 3.05) is 24.5 Å². The van der Waals surface area contributed by atoms with Crippen molar-refractivity contribution < 1.29 is 9.18 Å². The van der Waals surface area contributed by atoms with Gasteiger partial charge in [-0.1, -0.05) is 0 Å². The van der Waals surface area contributed by atoms with Crippen LogP contribution in [0.15, 0.2) is 36.8 Å². The zero-order chi connectivity index (χ0) is 19.7. The highest BCUT2D eigenvalue weighted by molar-refractivity contribution is 5.85. The van der Waals surface area contributed by atoms with Gasteiger partial charge in [0.2, 0.25) is 5.91 Å². The van der Waals surface area contributed by atoms with Crippen molar-refractivity contribution >= 4 is 17.4 Å². The van der Waals surface area contributed by atoms with Crippen molar-refractivity contribution in [3.05, 3.63) is 42.6 Å². The van der Waals surface area contributed by atoms with Crippen molar-refractivity contribution in [3.63, 3.8) is 0 Å². The highest BCUT2D eigenvalue weighted by Gasteiger charge is 2.34. The summed E-state index contributed by atoms with van der Waals surface area (Å²) >= 11 is 0. The Kier molecular flexibility index (Phi) is 4.93. The van der Waals surface area contributed by atoms with Gasteiger partial charge in [-0.3, -0.25) is 9.20 Å². The van der Waals surface area contributed by atoms with Crippen LogP contribution in [-0.4, -0.2) is 55.8 Å². The van der Waals surface area contributed by atoms with E-state index in [1.165, 1.54) is 12.3 Å². The Morgan fingerprint density at radius 1 is 1.25 bits per heavy atom. The number of hydrogen-bond donors (Lipinski definition) is 0. The van der Waals surface area contributed by atoms with E-state index in [9.17, 15) is 9.18 Å². The number of likely N-dealkylation sites (N-methyl/N-ethyl adjacent to an activating group) is 1. The summed E-state index contributed by atoms with van der Waals surface area (Å²) in [7, 11) is 0. The minimum absolute atomic E-state index is 0.138. The van der Waals surface area contributed by atoms with E-state index >= 15 is 0 Å². The number of rotatable bonds is 5. The van der Waals surface area contributed by atoms with E-state index in [1.807, 2.05) is 24.8 Å². The lowest BCUT2D eigenvalue weighted by Gasteiger charge is -2.29. The molecule has 8 heteroatoms. The minimum atomic E-state index is -0.354. The average Bonchev–Trinajstić information content (AvgIpc) is 3.36. The number of hydrogen-bond acceptors (Lipinski definition) is 5. The summed E-state index contributed by atoms with van der Waals surface area (Å²) in [6.45, 7) is 6.15. The Bertz CT molecular complexity index is 999. The molecule has 28 heavy (non-hydrogen) atoms. The molecule has 4 heterocycles. The van der Waals surface area contributed by atoms with Gasteiger partial charge in [-0.05, 0) is 44.9 Å². The molecule has 7 nitrogen and oxygen atoms in total. The normalized spacial score (nSPS) is 16.7. The number of carbonyl (C=O) groups is 1. The van der Waals surface area contributed by atoms with Gasteiger partial charge >= 0.3 is 0 Å². The predicted molar refractivity (Wildman–Crippen MR) is 104 cm³/mol. The maximum Gasteiger partial charge on any atom is 0.245 e. The fourth-order valence-corrected chi connectivity index (χ4v) is 3.80. The van der Waals surface area contributed by atoms with Crippen LogP contribution in [0.5, 0.6) is 0 Å². The van der Waals surface area contributed by atoms with Gasteiger partial charge in [0, 0.05) is 32.0 Å². The van der Waals surface area contributed by atoms with Crippen molar-refractivity contribution in [2.24, 2.45) is 0 Å². The summed E-state index contributed by atoms with van der Waals surface area (Å²) in [5, 5.41) is 0. The van der Waals surface area contributed by atoms with E-state index < -0.39 is 0 Å². The first-order valence-corrected chi connectivity index (χ1v) is 9.63. The quantitative estimate of drug-likeness (QED) is 0.679. The maximum atomic E-state index is 13.7. The minimum Gasteiger partial charge on any atom is -0.344 e. The number of amides is 1. The Hall–Kier alpha value is -3.03. The van der Waals surface area contributed by atoms with Crippen LogP contribution >= 0.6 is 0 Å². The first-order chi connectivity index (χ1) is 13.6. The summed E-state index contributed by atoms with van der Waals surface area (Å²) in [4.78, 5) is 30.1. The molecule has 1 atom stereocenters. The van der Waals surface area contributed by atoms with Crippen LogP contribution < -0.4 is 4.90 Å². The molecule has 0 saturated carbocycles. The van der Waals surface area contributed by atoms with Crippen LogP contribution in [0.4, 0.5) is 10.2 Å². The summed E-state index contributed by atoms with van der Waals surface area (Å²) < 4.78 is 15.3. The fourth-order valence-electron chi connectivity index (χ4n) is 3.80. The number of nitrogens with zero attached hydrogens (tertiary/aromatic N) is 6. The molecule has 0 aromatic carbocycles. The largest absolute Gasteiger partial charge is 0.344 e. The Morgan fingerprint density at radius 2 is 2.07 bits per heavy atom. The molecule has 1 amide bonds. The highest BCUT2D eigenvalue weighted by Crippen LogP contribution is 2.27. The van der Waals surface area contributed by atoms with Crippen LogP contribution in [-0.2, 0) is 4.79 Å². The molecule has 1 aliphatic heterocycles. The van der Waals surface area contributed by atoms with Crippen LogP contribution in [0.2, 0.25) is 0 Å². The molecule has 3 aromatic heterocycles. The molecule has 146 valence electrons.